The van der Waals surface area contributed by atoms with Gasteiger partial charge in [-0.05, 0) is 31.0 Å². The van der Waals surface area contributed by atoms with Gasteiger partial charge in [-0.2, -0.15) is 0 Å². The number of aliphatic hydroxyl groups excluding tert-OH is 1. The third kappa shape index (κ3) is 2.48. The van der Waals surface area contributed by atoms with Crippen LogP contribution in [0.3, 0.4) is 0 Å². The molecule has 1 atom stereocenters. The van der Waals surface area contributed by atoms with Crippen LogP contribution in [0.25, 0.3) is 16.7 Å². The molecule has 0 aliphatic carbocycles. The predicted octanol–water partition coefficient (Wildman–Crippen LogP) is 4.10. The zero-order valence-electron chi connectivity index (χ0n) is 12.4. The molecule has 0 saturated heterocycles. The minimum absolute atomic E-state index is 0.0370. The van der Waals surface area contributed by atoms with E-state index >= 15 is 0 Å². The molecule has 0 aromatic heterocycles. The van der Waals surface area contributed by atoms with Gasteiger partial charge in [0.1, 0.15) is 5.76 Å². The molecule has 22 heavy (non-hydrogen) atoms. The molecule has 112 valence electrons. The average molecular weight is 314 g/mol. The summed E-state index contributed by atoms with van der Waals surface area (Å²) in [5, 5.41) is 13.2. The number of amides is 1. The molecule has 1 heterocycles. The molecule has 1 aliphatic heterocycles. The summed E-state index contributed by atoms with van der Waals surface area (Å²) < 4.78 is 0. The Morgan fingerprint density at radius 3 is 2.27 bits per heavy atom. The van der Waals surface area contributed by atoms with Gasteiger partial charge in [0.15, 0.2) is 0 Å². The summed E-state index contributed by atoms with van der Waals surface area (Å²) >= 11 is 6.34. The van der Waals surface area contributed by atoms with E-state index in [1.807, 2.05) is 43.3 Å². The zero-order chi connectivity index (χ0) is 15.9. The Balaban J connectivity index is 2.03. The van der Waals surface area contributed by atoms with Crippen LogP contribution in [0.5, 0.6) is 0 Å². The van der Waals surface area contributed by atoms with Crippen molar-refractivity contribution in [3.05, 3.63) is 64.4 Å². The summed E-state index contributed by atoms with van der Waals surface area (Å²) in [6.07, 6.45) is 0. The number of aliphatic hydroxyl groups is 1. The van der Waals surface area contributed by atoms with Crippen LogP contribution in [0.4, 0.5) is 0 Å². The zero-order valence-corrected chi connectivity index (χ0v) is 13.1. The molecule has 0 saturated carbocycles. The van der Waals surface area contributed by atoms with Crippen molar-refractivity contribution >= 4 is 23.1 Å². The van der Waals surface area contributed by atoms with E-state index in [2.05, 4.69) is 5.32 Å². The van der Waals surface area contributed by atoms with E-state index in [1.165, 1.54) is 5.56 Å². The van der Waals surface area contributed by atoms with Gasteiger partial charge in [-0.3, -0.25) is 4.79 Å². The van der Waals surface area contributed by atoms with Crippen molar-refractivity contribution in [3.8, 4) is 11.1 Å². The first-order valence-corrected chi connectivity index (χ1v) is 7.46. The fraction of sp³-hybridized carbons (Fsp3) is 0.167. The lowest BCUT2D eigenvalue weighted by Crippen LogP contribution is -2.25. The standard InChI is InChI=1S/C18H16ClNO2/c1-10-3-5-12(6-4-10)13-7-8-14(15(19)9-13)16-17(21)11(2)20-18(16)22/h3-9,11,21H,1-2H3,(H,20,22). The molecule has 2 N–H and O–H groups in total. The van der Waals surface area contributed by atoms with Crippen LogP contribution in [-0.2, 0) is 4.79 Å². The van der Waals surface area contributed by atoms with E-state index in [0.29, 0.717) is 10.6 Å². The van der Waals surface area contributed by atoms with Gasteiger partial charge in [-0.1, -0.05) is 53.6 Å². The van der Waals surface area contributed by atoms with Crippen molar-refractivity contribution in [3.63, 3.8) is 0 Å². The van der Waals surface area contributed by atoms with Gasteiger partial charge in [0.05, 0.1) is 11.6 Å². The van der Waals surface area contributed by atoms with Gasteiger partial charge in [0.2, 0.25) is 0 Å². The van der Waals surface area contributed by atoms with Crippen LogP contribution in [0.15, 0.2) is 48.2 Å². The molecular formula is C18H16ClNO2. The molecule has 4 heteroatoms. The summed E-state index contributed by atoms with van der Waals surface area (Å²) in [6, 6.07) is 13.3. The van der Waals surface area contributed by atoms with Gasteiger partial charge in [-0.25, -0.2) is 0 Å². The van der Waals surface area contributed by atoms with Gasteiger partial charge in [-0.15, -0.1) is 0 Å². The van der Waals surface area contributed by atoms with Crippen molar-refractivity contribution in [1.29, 1.82) is 0 Å². The number of rotatable bonds is 2. The maximum Gasteiger partial charge on any atom is 0.256 e. The molecule has 1 unspecified atom stereocenters. The van der Waals surface area contributed by atoms with E-state index in [0.717, 1.165) is 11.1 Å². The van der Waals surface area contributed by atoms with Gasteiger partial charge >= 0.3 is 0 Å². The number of hydrogen-bond donors (Lipinski definition) is 2. The topological polar surface area (TPSA) is 49.3 Å². The van der Waals surface area contributed by atoms with E-state index < -0.39 is 0 Å². The fourth-order valence-corrected chi connectivity index (χ4v) is 2.85. The number of nitrogens with one attached hydrogen (secondary N) is 1. The SMILES string of the molecule is Cc1ccc(-c2ccc(C3=C(O)C(C)NC3=O)c(Cl)c2)cc1. The lowest BCUT2D eigenvalue weighted by Gasteiger charge is -2.08. The Hall–Kier alpha value is -2.26. The van der Waals surface area contributed by atoms with E-state index in [9.17, 15) is 9.90 Å². The quantitative estimate of drug-likeness (QED) is 0.877. The number of carbonyl (C=O) groups is 1. The fourth-order valence-electron chi connectivity index (χ4n) is 2.57. The van der Waals surface area contributed by atoms with E-state index in [4.69, 9.17) is 11.6 Å². The van der Waals surface area contributed by atoms with Gasteiger partial charge < -0.3 is 10.4 Å². The second-order valence-electron chi connectivity index (χ2n) is 5.52. The monoisotopic (exact) mass is 313 g/mol. The summed E-state index contributed by atoms with van der Waals surface area (Å²) in [4.78, 5) is 12.0. The molecule has 2 aromatic carbocycles. The second-order valence-corrected chi connectivity index (χ2v) is 5.92. The maximum absolute atomic E-state index is 12.0. The lowest BCUT2D eigenvalue weighted by atomic mass is 9.99. The molecule has 1 aliphatic rings. The van der Waals surface area contributed by atoms with Gasteiger partial charge in [0, 0.05) is 10.6 Å². The van der Waals surface area contributed by atoms with Crippen molar-refractivity contribution < 1.29 is 9.90 Å². The molecule has 3 rings (SSSR count). The first-order chi connectivity index (χ1) is 10.5. The number of aryl methyl sites for hydroxylation is 1. The van der Waals surface area contributed by atoms with Crippen LogP contribution < -0.4 is 5.32 Å². The van der Waals surface area contributed by atoms with Crippen LogP contribution >= 0.6 is 11.6 Å². The maximum atomic E-state index is 12.0. The molecule has 3 nitrogen and oxygen atoms in total. The number of carbonyl (C=O) groups excluding carboxylic acids is 1. The first-order valence-electron chi connectivity index (χ1n) is 7.08. The molecule has 0 bridgehead atoms. The molecule has 0 spiro atoms. The highest BCUT2D eigenvalue weighted by molar-refractivity contribution is 6.35. The van der Waals surface area contributed by atoms with Crippen LogP contribution in [0.1, 0.15) is 18.1 Å². The smallest absolute Gasteiger partial charge is 0.256 e. The molecule has 0 radical (unpaired) electrons. The van der Waals surface area contributed by atoms with Crippen LogP contribution in [-0.4, -0.2) is 17.1 Å². The highest BCUT2D eigenvalue weighted by Crippen LogP contribution is 2.33. The number of halogens is 1. The first kappa shape index (κ1) is 14.7. The molecule has 0 fully saturated rings. The summed E-state index contributed by atoms with van der Waals surface area (Å²) in [5.74, 6) is -0.259. The van der Waals surface area contributed by atoms with Crippen LogP contribution in [0, 0.1) is 6.92 Å². The Bertz CT molecular complexity index is 778. The molecule has 2 aromatic rings. The van der Waals surface area contributed by atoms with Crippen molar-refractivity contribution in [1.82, 2.24) is 5.32 Å². The van der Waals surface area contributed by atoms with Gasteiger partial charge in [0.25, 0.3) is 5.91 Å². The normalized spacial score (nSPS) is 17.8. The molecular weight excluding hydrogens is 298 g/mol. The Labute approximate surface area is 134 Å². The summed E-state index contributed by atoms with van der Waals surface area (Å²) in [7, 11) is 0. The second kappa shape index (κ2) is 5.50. The highest BCUT2D eigenvalue weighted by atomic mass is 35.5. The Morgan fingerprint density at radius 1 is 1.09 bits per heavy atom. The number of benzene rings is 2. The Kier molecular flexibility index (Phi) is 3.67. The summed E-state index contributed by atoms with van der Waals surface area (Å²) in [6.45, 7) is 3.77. The minimum atomic E-state index is -0.379. The minimum Gasteiger partial charge on any atom is -0.509 e. The van der Waals surface area contributed by atoms with Crippen LogP contribution in [0.2, 0.25) is 5.02 Å². The van der Waals surface area contributed by atoms with Crippen molar-refractivity contribution in [2.24, 2.45) is 0 Å². The third-order valence-corrected chi connectivity index (χ3v) is 4.18. The highest BCUT2D eigenvalue weighted by Gasteiger charge is 2.30. The third-order valence-electron chi connectivity index (χ3n) is 3.86. The average Bonchev–Trinajstić information content (AvgIpc) is 2.73. The largest absolute Gasteiger partial charge is 0.509 e. The molecule has 1 amide bonds. The van der Waals surface area contributed by atoms with Crippen molar-refractivity contribution in [2.45, 2.75) is 19.9 Å². The number of hydrogen-bond acceptors (Lipinski definition) is 2. The van der Waals surface area contributed by atoms with Crippen molar-refractivity contribution in [2.75, 3.05) is 0 Å². The lowest BCUT2D eigenvalue weighted by molar-refractivity contribution is -0.115. The Morgan fingerprint density at radius 2 is 1.73 bits per heavy atom. The summed E-state index contributed by atoms with van der Waals surface area (Å²) in [5.41, 5.74) is 4.03. The van der Waals surface area contributed by atoms with E-state index in [-0.39, 0.29) is 23.3 Å². The van der Waals surface area contributed by atoms with E-state index in [1.54, 1.807) is 13.0 Å². The predicted molar refractivity (Wildman–Crippen MR) is 88.8 cm³/mol.